The fourth-order valence-corrected chi connectivity index (χ4v) is 2.28. The molecule has 1 aromatic carbocycles. The fourth-order valence-electron chi connectivity index (χ4n) is 2.28. The first-order valence-electron chi connectivity index (χ1n) is 8.07. The maximum atomic E-state index is 11.6. The third-order valence-electron chi connectivity index (χ3n) is 3.38. The van der Waals surface area contributed by atoms with Crippen LogP contribution in [0.2, 0.25) is 0 Å². The van der Waals surface area contributed by atoms with E-state index >= 15 is 0 Å². The van der Waals surface area contributed by atoms with Gasteiger partial charge >= 0.3 is 0 Å². The Kier molecular flexibility index (Phi) is 5.03. The normalized spacial score (nSPS) is 10.5. The molecule has 0 unspecified atom stereocenters. The number of aryl methyl sites for hydroxylation is 1. The van der Waals surface area contributed by atoms with Crippen molar-refractivity contribution in [1.82, 2.24) is 19.7 Å². The molecule has 3 rings (SSSR count). The van der Waals surface area contributed by atoms with Crippen LogP contribution in [0.25, 0.3) is 5.82 Å². The van der Waals surface area contributed by atoms with Gasteiger partial charge in [-0.25, -0.2) is 9.67 Å². The lowest BCUT2D eigenvalue weighted by molar-refractivity contribution is -0.116. The molecule has 1 amide bonds. The zero-order valence-corrected chi connectivity index (χ0v) is 14.1. The Morgan fingerprint density at radius 1 is 1.24 bits per heavy atom. The smallest absolute Gasteiger partial charge is 0.224 e. The lowest BCUT2D eigenvalue weighted by Gasteiger charge is -2.09. The van der Waals surface area contributed by atoms with E-state index in [0.717, 1.165) is 12.1 Å². The van der Waals surface area contributed by atoms with Crippen molar-refractivity contribution in [2.24, 2.45) is 0 Å². The molecule has 0 fully saturated rings. The van der Waals surface area contributed by atoms with E-state index in [1.807, 2.05) is 13.0 Å². The van der Waals surface area contributed by atoms with Crippen LogP contribution in [-0.4, -0.2) is 25.7 Å². The van der Waals surface area contributed by atoms with Crippen molar-refractivity contribution in [3.63, 3.8) is 0 Å². The molecule has 0 aliphatic heterocycles. The number of hydrogen-bond donors (Lipinski definition) is 1. The number of aromatic nitrogens is 4. The third-order valence-corrected chi connectivity index (χ3v) is 3.38. The van der Waals surface area contributed by atoms with Crippen LogP contribution in [0.15, 0.2) is 48.8 Å². The van der Waals surface area contributed by atoms with E-state index in [1.165, 1.54) is 0 Å². The largest absolute Gasteiger partial charge is 0.439 e. The second-order valence-corrected chi connectivity index (χ2v) is 5.49. The average Bonchev–Trinajstić information content (AvgIpc) is 3.11. The molecule has 0 aliphatic rings. The maximum Gasteiger partial charge on any atom is 0.224 e. The van der Waals surface area contributed by atoms with Gasteiger partial charge in [0.1, 0.15) is 11.6 Å². The fraction of sp³-hybridized carbons (Fsp3) is 0.222. The lowest BCUT2D eigenvalue weighted by atomic mass is 10.2. The van der Waals surface area contributed by atoms with Gasteiger partial charge in [0.15, 0.2) is 5.82 Å². The van der Waals surface area contributed by atoms with Gasteiger partial charge in [-0.2, -0.15) is 10.1 Å². The predicted octanol–water partition coefficient (Wildman–Crippen LogP) is 3.50. The van der Waals surface area contributed by atoms with Crippen molar-refractivity contribution in [2.75, 3.05) is 5.32 Å². The summed E-state index contributed by atoms with van der Waals surface area (Å²) in [4.78, 5) is 20.2. The SMILES string of the molecule is CCCC(=O)Nc1ccc(Oc2cc(-n3cccn3)nc(C)n2)cc1. The molecule has 0 atom stereocenters. The molecule has 0 saturated carbocycles. The Morgan fingerprint density at radius 2 is 2.04 bits per heavy atom. The van der Waals surface area contributed by atoms with Crippen LogP contribution in [0.1, 0.15) is 25.6 Å². The van der Waals surface area contributed by atoms with Gasteiger partial charge in [-0.15, -0.1) is 0 Å². The summed E-state index contributed by atoms with van der Waals surface area (Å²) >= 11 is 0. The van der Waals surface area contributed by atoms with Crippen LogP contribution in [0.5, 0.6) is 11.6 Å². The van der Waals surface area contributed by atoms with E-state index in [1.54, 1.807) is 54.3 Å². The van der Waals surface area contributed by atoms with E-state index in [9.17, 15) is 4.79 Å². The standard InChI is InChI=1S/C18H19N5O2/c1-3-5-17(24)22-14-6-8-15(9-7-14)25-18-12-16(20-13(2)21-18)23-11-4-10-19-23/h4,6-12H,3,5H2,1-2H3,(H,22,24). The zero-order chi connectivity index (χ0) is 17.6. The molecule has 7 nitrogen and oxygen atoms in total. The van der Waals surface area contributed by atoms with Crippen molar-refractivity contribution in [3.05, 3.63) is 54.6 Å². The first kappa shape index (κ1) is 16.6. The minimum absolute atomic E-state index is 0.00598. The molecule has 7 heteroatoms. The Hall–Kier alpha value is -3.22. The van der Waals surface area contributed by atoms with Gasteiger partial charge < -0.3 is 10.1 Å². The molecule has 3 aromatic rings. The zero-order valence-electron chi connectivity index (χ0n) is 14.1. The van der Waals surface area contributed by atoms with E-state index in [-0.39, 0.29) is 5.91 Å². The molecule has 0 saturated heterocycles. The summed E-state index contributed by atoms with van der Waals surface area (Å²) in [5.74, 6) is 2.28. The summed E-state index contributed by atoms with van der Waals surface area (Å²) in [5, 5.41) is 7.00. The Balaban J connectivity index is 1.73. The van der Waals surface area contributed by atoms with Crippen LogP contribution in [-0.2, 0) is 4.79 Å². The molecule has 0 radical (unpaired) electrons. The number of hydrogen-bond acceptors (Lipinski definition) is 5. The van der Waals surface area contributed by atoms with Crippen molar-refractivity contribution >= 4 is 11.6 Å². The quantitative estimate of drug-likeness (QED) is 0.744. The molecule has 0 aliphatic carbocycles. The van der Waals surface area contributed by atoms with E-state index in [0.29, 0.717) is 29.7 Å². The molecule has 1 N–H and O–H groups in total. The van der Waals surface area contributed by atoms with Crippen molar-refractivity contribution in [3.8, 4) is 17.4 Å². The molecule has 0 spiro atoms. The van der Waals surface area contributed by atoms with Crippen LogP contribution in [0.4, 0.5) is 5.69 Å². The van der Waals surface area contributed by atoms with Crippen molar-refractivity contribution < 1.29 is 9.53 Å². The number of amides is 1. The minimum atomic E-state index is 0.00598. The third kappa shape index (κ3) is 4.41. The summed E-state index contributed by atoms with van der Waals surface area (Å²) in [5.41, 5.74) is 0.738. The highest BCUT2D eigenvalue weighted by Gasteiger charge is 2.07. The highest BCUT2D eigenvalue weighted by molar-refractivity contribution is 5.90. The number of benzene rings is 1. The van der Waals surface area contributed by atoms with Crippen LogP contribution < -0.4 is 10.1 Å². The van der Waals surface area contributed by atoms with E-state index < -0.39 is 0 Å². The van der Waals surface area contributed by atoms with Crippen LogP contribution in [0.3, 0.4) is 0 Å². The molecular weight excluding hydrogens is 318 g/mol. The molecule has 25 heavy (non-hydrogen) atoms. The van der Waals surface area contributed by atoms with Gasteiger partial charge in [0.25, 0.3) is 0 Å². The lowest BCUT2D eigenvalue weighted by Crippen LogP contribution is -2.10. The van der Waals surface area contributed by atoms with Gasteiger partial charge in [-0.1, -0.05) is 6.92 Å². The number of ether oxygens (including phenoxy) is 1. The predicted molar refractivity (Wildman–Crippen MR) is 93.9 cm³/mol. The number of carbonyl (C=O) groups is 1. The summed E-state index contributed by atoms with van der Waals surface area (Å²) < 4.78 is 7.45. The summed E-state index contributed by atoms with van der Waals surface area (Å²) in [6.45, 7) is 3.77. The van der Waals surface area contributed by atoms with Gasteiger partial charge in [-0.3, -0.25) is 4.79 Å². The Bertz CT molecular complexity index is 844. The summed E-state index contributed by atoms with van der Waals surface area (Å²) in [6.07, 6.45) is 4.82. The van der Waals surface area contributed by atoms with Crippen molar-refractivity contribution in [2.45, 2.75) is 26.7 Å². The van der Waals surface area contributed by atoms with E-state index in [4.69, 9.17) is 4.74 Å². The topological polar surface area (TPSA) is 81.9 Å². The highest BCUT2D eigenvalue weighted by Crippen LogP contribution is 2.23. The molecular formula is C18H19N5O2. The van der Waals surface area contributed by atoms with Gasteiger partial charge in [-0.05, 0) is 43.7 Å². The van der Waals surface area contributed by atoms with E-state index in [2.05, 4.69) is 20.4 Å². The number of rotatable bonds is 6. The first-order valence-corrected chi connectivity index (χ1v) is 8.07. The number of nitrogens with one attached hydrogen (secondary N) is 1. The van der Waals surface area contributed by atoms with Gasteiger partial charge in [0.05, 0.1) is 0 Å². The second kappa shape index (κ2) is 7.57. The number of anilines is 1. The summed E-state index contributed by atoms with van der Waals surface area (Å²) in [7, 11) is 0. The van der Waals surface area contributed by atoms with Crippen LogP contribution >= 0.6 is 0 Å². The maximum absolute atomic E-state index is 11.6. The molecule has 128 valence electrons. The molecule has 0 bridgehead atoms. The minimum Gasteiger partial charge on any atom is -0.439 e. The Morgan fingerprint density at radius 3 is 2.72 bits per heavy atom. The van der Waals surface area contributed by atoms with Crippen molar-refractivity contribution in [1.29, 1.82) is 0 Å². The average molecular weight is 337 g/mol. The first-order chi connectivity index (χ1) is 12.1. The van der Waals surface area contributed by atoms with Gasteiger partial charge in [0, 0.05) is 30.6 Å². The monoisotopic (exact) mass is 337 g/mol. The van der Waals surface area contributed by atoms with Crippen LogP contribution in [0, 0.1) is 6.92 Å². The number of carbonyl (C=O) groups excluding carboxylic acids is 1. The Labute approximate surface area is 145 Å². The molecule has 2 aromatic heterocycles. The van der Waals surface area contributed by atoms with Gasteiger partial charge in [0.2, 0.25) is 11.8 Å². The number of nitrogens with zero attached hydrogens (tertiary/aromatic N) is 4. The molecule has 2 heterocycles. The summed E-state index contributed by atoms with van der Waals surface area (Å²) in [6, 6.07) is 10.7. The highest BCUT2D eigenvalue weighted by atomic mass is 16.5. The second-order valence-electron chi connectivity index (χ2n) is 5.49.